The molecule has 0 atom stereocenters. The Bertz CT molecular complexity index is 1410. The van der Waals surface area contributed by atoms with Gasteiger partial charge in [0.25, 0.3) is 11.8 Å². The maximum atomic E-state index is 13.7. The Morgan fingerprint density at radius 2 is 1.53 bits per heavy atom. The maximum Gasteiger partial charge on any atom is 0.282 e. The summed E-state index contributed by atoms with van der Waals surface area (Å²) in [5, 5.41) is 7.05. The predicted octanol–water partition coefficient (Wildman–Crippen LogP) is 5.90. The highest BCUT2D eigenvalue weighted by Gasteiger charge is 2.41. The first-order chi connectivity index (χ1) is 16.7. The predicted molar refractivity (Wildman–Crippen MR) is 139 cm³/mol. The molecule has 6 rings (SSSR count). The fraction of sp³-hybridized carbons (Fsp3) is 0.143. The quantitative estimate of drug-likeness (QED) is 0.373. The first-order valence-electron chi connectivity index (χ1n) is 11.5. The number of thiophene rings is 1. The van der Waals surface area contributed by atoms with Crippen LogP contribution in [0.25, 0.3) is 16.3 Å². The normalized spacial score (nSPS) is 16.2. The number of hydrogen-bond acceptors (Lipinski definition) is 5. The second-order valence-electron chi connectivity index (χ2n) is 8.54. The summed E-state index contributed by atoms with van der Waals surface area (Å²) >= 11 is 1.46. The van der Waals surface area contributed by atoms with E-state index in [1.807, 2.05) is 72.1 Å². The molecule has 2 aliphatic heterocycles. The average Bonchev–Trinajstić information content (AvgIpc) is 3.63. The van der Waals surface area contributed by atoms with Gasteiger partial charge in [0, 0.05) is 34.7 Å². The summed E-state index contributed by atoms with van der Waals surface area (Å²) in [4.78, 5) is 31.9. The molecule has 4 aromatic rings. The van der Waals surface area contributed by atoms with Gasteiger partial charge in [-0.25, -0.2) is 4.90 Å². The van der Waals surface area contributed by atoms with E-state index in [4.69, 9.17) is 0 Å². The summed E-state index contributed by atoms with van der Waals surface area (Å²) in [6.45, 7) is 2.15. The highest BCUT2D eigenvalue weighted by atomic mass is 32.1. The molecule has 168 valence electrons. The van der Waals surface area contributed by atoms with Gasteiger partial charge < -0.3 is 10.2 Å². The second-order valence-corrected chi connectivity index (χ2v) is 9.49. The number of hydrogen-bond donors (Lipinski definition) is 1. The molecular weight excluding hydrogens is 442 g/mol. The van der Waals surface area contributed by atoms with Crippen molar-refractivity contribution in [3.8, 4) is 0 Å². The molecule has 2 amide bonds. The van der Waals surface area contributed by atoms with E-state index in [0.29, 0.717) is 17.0 Å². The summed E-state index contributed by atoms with van der Waals surface area (Å²) in [5.74, 6) is -0.645. The first-order valence-corrected chi connectivity index (χ1v) is 12.4. The highest BCUT2D eigenvalue weighted by Crippen LogP contribution is 2.38. The van der Waals surface area contributed by atoms with Gasteiger partial charge in [0.05, 0.1) is 11.3 Å². The molecule has 1 aromatic heterocycles. The van der Waals surface area contributed by atoms with E-state index in [2.05, 4.69) is 22.3 Å². The fourth-order valence-corrected chi connectivity index (χ4v) is 5.56. The van der Waals surface area contributed by atoms with Gasteiger partial charge in [0.15, 0.2) is 0 Å². The largest absolute Gasteiger partial charge is 0.372 e. The average molecular weight is 466 g/mol. The molecule has 1 N–H and O–H groups in total. The van der Waals surface area contributed by atoms with Gasteiger partial charge in [-0.15, -0.1) is 11.3 Å². The van der Waals surface area contributed by atoms with E-state index in [9.17, 15) is 9.59 Å². The van der Waals surface area contributed by atoms with E-state index >= 15 is 0 Å². The van der Waals surface area contributed by atoms with Crippen molar-refractivity contribution in [1.82, 2.24) is 0 Å². The molecule has 34 heavy (non-hydrogen) atoms. The Hall–Kier alpha value is -3.90. The molecular formula is C28H23N3O2S. The summed E-state index contributed by atoms with van der Waals surface area (Å²) in [6, 6.07) is 25.4. The molecule has 0 spiro atoms. The van der Waals surface area contributed by atoms with Crippen LogP contribution in [0.2, 0.25) is 0 Å². The zero-order chi connectivity index (χ0) is 23.1. The van der Waals surface area contributed by atoms with Gasteiger partial charge in [-0.2, -0.15) is 0 Å². The summed E-state index contributed by atoms with van der Waals surface area (Å²) in [5.41, 5.74) is 3.30. The lowest BCUT2D eigenvalue weighted by Gasteiger charge is -2.19. The second kappa shape index (κ2) is 8.47. The molecule has 5 nitrogen and oxygen atoms in total. The van der Waals surface area contributed by atoms with Crippen LogP contribution in [0, 0.1) is 0 Å². The molecule has 0 radical (unpaired) electrons. The Kier molecular flexibility index (Phi) is 5.15. The topological polar surface area (TPSA) is 52.7 Å². The van der Waals surface area contributed by atoms with E-state index in [1.54, 1.807) is 0 Å². The zero-order valence-corrected chi connectivity index (χ0v) is 19.3. The molecule has 3 heterocycles. The lowest BCUT2D eigenvalue weighted by molar-refractivity contribution is -0.120. The molecule has 2 aliphatic rings. The number of rotatable bonds is 5. The van der Waals surface area contributed by atoms with Crippen molar-refractivity contribution in [2.24, 2.45) is 0 Å². The van der Waals surface area contributed by atoms with E-state index in [0.717, 1.165) is 34.4 Å². The number of carbonyl (C=O) groups is 2. The van der Waals surface area contributed by atoms with Crippen LogP contribution in [0.1, 0.15) is 17.7 Å². The number of fused-ring (bicyclic) bond motifs is 1. The number of amides is 2. The van der Waals surface area contributed by atoms with Crippen LogP contribution in [0.5, 0.6) is 0 Å². The Labute approximate surface area is 201 Å². The van der Waals surface area contributed by atoms with Crippen LogP contribution in [0.15, 0.2) is 89.9 Å². The zero-order valence-electron chi connectivity index (χ0n) is 18.5. The van der Waals surface area contributed by atoms with Crippen LogP contribution < -0.4 is 15.1 Å². The summed E-state index contributed by atoms with van der Waals surface area (Å²) in [6.07, 6.45) is 2.44. The third kappa shape index (κ3) is 3.47. The minimum Gasteiger partial charge on any atom is -0.372 e. The highest BCUT2D eigenvalue weighted by molar-refractivity contribution is 7.11. The minimum absolute atomic E-state index is 0.306. The number of imide groups is 1. The standard InChI is InChI=1S/C28H23N3O2S/c32-27-25(24-11-6-18-34-24)26(29-20-12-14-21(15-13-20)30-16-3-4-17-30)28(33)31(27)23-10-5-8-19-7-1-2-9-22(19)23/h1-2,5-15,18,29H,3-4,16-17H2. The van der Waals surface area contributed by atoms with Crippen molar-refractivity contribution in [2.45, 2.75) is 12.8 Å². The smallest absolute Gasteiger partial charge is 0.282 e. The van der Waals surface area contributed by atoms with Crippen LogP contribution >= 0.6 is 11.3 Å². The third-order valence-corrected chi connectivity index (χ3v) is 7.35. The van der Waals surface area contributed by atoms with Gasteiger partial charge >= 0.3 is 0 Å². The van der Waals surface area contributed by atoms with Crippen LogP contribution in [0.4, 0.5) is 17.1 Å². The third-order valence-electron chi connectivity index (χ3n) is 6.47. The van der Waals surface area contributed by atoms with Crippen molar-refractivity contribution in [1.29, 1.82) is 0 Å². The number of nitrogens with one attached hydrogen (secondary N) is 1. The monoisotopic (exact) mass is 465 g/mol. The van der Waals surface area contributed by atoms with Gasteiger partial charge in [-0.3, -0.25) is 9.59 Å². The number of benzene rings is 3. The van der Waals surface area contributed by atoms with Crippen molar-refractivity contribution < 1.29 is 9.59 Å². The van der Waals surface area contributed by atoms with Crippen molar-refractivity contribution >= 4 is 56.6 Å². The van der Waals surface area contributed by atoms with E-state index in [1.165, 1.54) is 34.8 Å². The van der Waals surface area contributed by atoms with Gasteiger partial charge in [-0.05, 0) is 60.0 Å². The molecule has 6 heteroatoms. The molecule has 0 aliphatic carbocycles. The van der Waals surface area contributed by atoms with Gasteiger partial charge in [0.2, 0.25) is 0 Å². The van der Waals surface area contributed by atoms with Crippen molar-refractivity contribution in [3.63, 3.8) is 0 Å². The van der Waals surface area contributed by atoms with Crippen LogP contribution in [0.3, 0.4) is 0 Å². The SMILES string of the molecule is O=C1C(Nc2ccc(N3CCCC3)cc2)=C(c2cccs2)C(=O)N1c1cccc2ccccc12. The fourth-order valence-electron chi connectivity index (χ4n) is 4.79. The molecule has 1 saturated heterocycles. The van der Waals surface area contributed by atoms with E-state index < -0.39 is 0 Å². The minimum atomic E-state index is -0.339. The Morgan fingerprint density at radius 1 is 0.765 bits per heavy atom. The summed E-state index contributed by atoms with van der Waals surface area (Å²) in [7, 11) is 0. The van der Waals surface area contributed by atoms with Crippen LogP contribution in [-0.4, -0.2) is 24.9 Å². The van der Waals surface area contributed by atoms with E-state index in [-0.39, 0.29) is 11.8 Å². The molecule has 3 aromatic carbocycles. The number of nitrogens with zero attached hydrogens (tertiary/aromatic N) is 2. The van der Waals surface area contributed by atoms with Crippen LogP contribution in [-0.2, 0) is 9.59 Å². The van der Waals surface area contributed by atoms with Crippen molar-refractivity contribution in [2.75, 3.05) is 28.2 Å². The van der Waals surface area contributed by atoms with Gasteiger partial charge in [-0.1, -0.05) is 42.5 Å². The Morgan fingerprint density at radius 3 is 2.29 bits per heavy atom. The summed E-state index contributed by atoms with van der Waals surface area (Å²) < 4.78 is 0. The molecule has 1 fully saturated rings. The maximum absolute atomic E-state index is 13.7. The molecule has 0 saturated carbocycles. The number of carbonyl (C=O) groups excluding carboxylic acids is 2. The lowest BCUT2D eigenvalue weighted by atomic mass is 10.1. The van der Waals surface area contributed by atoms with Gasteiger partial charge in [0.1, 0.15) is 5.70 Å². The Balaban J connectivity index is 1.39. The number of anilines is 3. The lowest BCUT2D eigenvalue weighted by Crippen LogP contribution is -2.32. The molecule has 0 bridgehead atoms. The molecule has 0 unspecified atom stereocenters. The first kappa shape index (κ1) is 20.7. The van der Waals surface area contributed by atoms with Crippen molar-refractivity contribution in [3.05, 3.63) is 94.8 Å².